The standard InChI is InChI=1S/C27H22F3N3O3/c28-27(29,30)24-8-4-3-7-23(24)26(36)33-15-13-32(14-16-33)22-11-12-31-21(18-22)10-9-19-5-1-2-6-20(19)17-25(34)35/h1-8,11-12,18H,13-17H2,(H,34,35). The van der Waals surface area contributed by atoms with Crippen molar-refractivity contribution >= 4 is 17.6 Å². The number of anilines is 1. The molecule has 1 saturated heterocycles. The van der Waals surface area contributed by atoms with E-state index >= 15 is 0 Å². The third kappa shape index (κ3) is 5.84. The number of piperazine rings is 1. The van der Waals surface area contributed by atoms with E-state index in [1.807, 2.05) is 4.90 Å². The summed E-state index contributed by atoms with van der Waals surface area (Å²) in [6.45, 7) is 1.43. The fourth-order valence-corrected chi connectivity index (χ4v) is 4.03. The van der Waals surface area contributed by atoms with Gasteiger partial charge in [-0.1, -0.05) is 36.3 Å². The topological polar surface area (TPSA) is 73.7 Å². The van der Waals surface area contributed by atoms with Crippen LogP contribution < -0.4 is 4.90 Å². The lowest BCUT2D eigenvalue weighted by Gasteiger charge is -2.36. The first-order valence-electron chi connectivity index (χ1n) is 11.2. The van der Waals surface area contributed by atoms with Gasteiger partial charge in [-0.3, -0.25) is 9.59 Å². The molecule has 1 amide bonds. The van der Waals surface area contributed by atoms with E-state index in [-0.39, 0.29) is 25.1 Å². The minimum Gasteiger partial charge on any atom is -0.481 e. The molecule has 2 heterocycles. The van der Waals surface area contributed by atoms with Gasteiger partial charge in [0.1, 0.15) is 5.69 Å². The lowest BCUT2D eigenvalue weighted by molar-refractivity contribution is -0.138. The number of aliphatic carboxylic acids is 1. The first kappa shape index (κ1) is 24.8. The first-order valence-corrected chi connectivity index (χ1v) is 11.2. The average Bonchev–Trinajstić information content (AvgIpc) is 2.87. The highest BCUT2D eigenvalue weighted by Crippen LogP contribution is 2.32. The second-order valence-corrected chi connectivity index (χ2v) is 8.20. The molecule has 1 N–H and O–H groups in total. The number of benzene rings is 2. The molecule has 0 atom stereocenters. The van der Waals surface area contributed by atoms with E-state index in [4.69, 9.17) is 5.11 Å². The number of carboxylic acid groups (broad SMARTS) is 1. The van der Waals surface area contributed by atoms with Crippen LogP contribution in [0.25, 0.3) is 0 Å². The number of pyridine rings is 1. The first-order chi connectivity index (χ1) is 17.2. The number of carbonyl (C=O) groups excluding carboxylic acids is 1. The van der Waals surface area contributed by atoms with Gasteiger partial charge in [0.25, 0.3) is 5.91 Å². The van der Waals surface area contributed by atoms with E-state index in [1.165, 1.54) is 23.1 Å². The Morgan fingerprint density at radius 2 is 1.64 bits per heavy atom. The number of carboxylic acids is 1. The second-order valence-electron chi connectivity index (χ2n) is 8.20. The Morgan fingerprint density at radius 1 is 0.944 bits per heavy atom. The van der Waals surface area contributed by atoms with Crippen molar-refractivity contribution in [2.75, 3.05) is 31.1 Å². The largest absolute Gasteiger partial charge is 0.481 e. The molecule has 2 aromatic carbocycles. The maximum Gasteiger partial charge on any atom is 0.417 e. The Morgan fingerprint density at radius 3 is 2.36 bits per heavy atom. The number of rotatable bonds is 4. The summed E-state index contributed by atoms with van der Waals surface area (Å²) in [6, 6.07) is 15.4. The minimum atomic E-state index is -4.60. The van der Waals surface area contributed by atoms with Gasteiger partial charge in [0.2, 0.25) is 0 Å². The van der Waals surface area contributed by atoms with Crippen LogP contribution in [0.3, 0.4) is 0 Å². The Hall–Kier alpha value is -4.32. The maximum atomic E-state index is 13.3. The van der Waals surface area contributed by atoms with Crippen molar-refractivity contribution in [3.63, 3.8) is 0 Å². The molecule has 1 fully saturated rings. The fourth-order valence-electron chi connectivity index (χ4n) is 4.03. The number of alkyl halides is 3. The number of hydrogen-bond acceptors (Lipinski definition) is 4. The summed E-state index contributed by atoms with van der Waals surface area (Å²) in [4.78, 5) is 31.6. The Kier molecular flexibility index (Phi) is 7.25. The van der Waals surface area contributed by atoms with Gasteiger partial charge in [-0.05, 0) is 41.8 Å². The fraction of sp³-hybridized carbons (Fsp3) is 0.222. The quantitative estimate of drug-likeness (QED) is 0.555. The van der Waals surface area contributed by atoms with Gasteiger partial charge >= 0.3 is 12.1 Å². The van der Waals surface area contributed by atoms with Gasteiger partial charge in [-0.15, -0.1) is 0 Å². The van der Waals surface area contributed by atoms with E-state index in [1.54, 1.807) is 42.6 Å². The minimum absolute atomic E-state index is 0.130. The number of amides is 1. The lowest BCUT2D eigenvalue weighted by atomic mass is 10.0. The molecule has 36 heavy (non-hydrogen) atoms. The summed E-state index contributed by atoms with van der Waals surface area (Å²) in [7, 11) is 0. The van der Waals surface area contributed by atoms with Crippen LogP contribution >= 0.6 is 0 Å². The van der Waals surface area contributed by atoms with Crippen molar-refractivity contribution in [2.24, 2.45) is 0 Å². The smallest absolute Gasteiger partial charge is 0.417 e. The molecule has 0 spiro atoms. The monoisotopic (exact) mass is 493 g/mol. The van der Waals surface area contributed by atoms with Crippen molar-refractivity contribution in [1.29, 1.82) is 0 Å². The van der Waals surface area contributed by atoms with E-state index in [9.17, 15) is 22.8 Å². The van der Waals surface area contributed by atoms with Crippen LogP contribution in [0.5, 0.6) is 0 Å². The normalized spacial score (nSPS) is 13.6. The summed E-state index contributed by atoms with van der Waals surface area (Å²) < 4.78 is 40.0. The zero-order valence-corrected chi connectivity index (χ0v) is 19.1. The molecule has 0 radical (unpaired) electrons. The molecule has 1 aliphatic heterocycles. The molecule has 1 aromatic heterocycles. The molecule has 9 heteroatoms. The van der Waals surface area contributed by atoms with Gasteiger partial charge in [-0.25, -0.2) is 4.98 Å². The van der Waals surface area contributed by atoms with Gasteiger partial charge in [0.15, 0.2) is 0 Å². The Balaban J connectivity index is 1.45. The zero-order valence-electron chi connectivity index (χ0n) is 19.1. The Labute approximate surface area is 206 Å². The summed E-state index contributed by atoms with van der Waals surface area (Å²) >= 11 is 0. The number of carbonyl (C=O) groups is 2. The molecule has 4 rings (SSSR count). The van der Waals surface area contributed by atoms with Crippen LogP contribution in [-0.2, 0) is 17.4 Å². The average molecular weight is 493 g/mol. The summed E-state index contributed by atoms with van der Waals surface area (Å²) in [6.07, 6.45) is -3.12. The van der Waals surface area contributed by atoms with Crippen molar-refractivity contribution in [3.8, 4) is 11.8 Å². The molecule has 0 saturated carbocycles. The molecule has 0 aliphatic carbocycles. The van der Waals surface area contributed by atoms with E-state index in [0.717, 1.165) is 11.8 Å². The van der Waals surface area contributed by atoms with Gasteiger partial charge < -0.3 is 14.9 Å². The van der Waals surface area contributed by atoms with E-state index in [0.29, 0.717) is 29.9 Å². The predicted octanol–water partition coefficient (Wildman–Crippen LogP) is 4.09. The van der Waals surface area contributed by atoms with Gasteiger partial charge in [0, 0.05) is 43.6 Å². The molecule has 0 bridgehead atoms. The van der Waals surface area contributed by atoms with Gasteiger partial charge in [0.05, 0.1) is 17.5 Å². The van der Waals surface area contributed by atoms with Crippen molar-refractivity contribution in [1.82, 2.24) is 9.88 Å². The summed E-state index contributed by atoms with van der Waals surface area (Å²) in [5, 5.41) is 9.08. The Bertz CT molecular complexity index is 1340. The number of halogens is 3. The molecule has 0 unspecified atom stereocenters. The van der Waals surface area contributed by atoms with Crippen LogP contribution in [0.2, 0.25) is 0 Å². The van der Waals surface area contributed by atoms with Crippen LogP contribution in [0.4, 0.5) is 18.9 Å². The SMILES string of the molecule is O=C(O)Cc1ccccc1C#Cc1cc(N2CCN(C(=O)c3ccccc3C(F)(F)F)CC2)ccn1. The van der Waals surface area contributed by atoms with E-state index in [2.05, 4.69) is 16.8 Å². The highest BCUT2D eigenvalue weighted by Gasteiger charge is 2.36. The summed E-state index contributed by atoms with van der Waals surface area (Å²) in [5.41, 5.74) is 1.27. The second kappa shape index (κ2) is 10.5. The molecule has 6 nitrogen and oxygen atoms in total. The highest BCUT2D eigenvalue weighted by molar-refractivity contribution is 5.96. The molecule has 1 aliphatic rings. The van der Waals surface area contributed by atoms with E-state index < -0.39 is 23.6 Å². The van der Waals surface area contributed by atoms with Crippen LogP contribution in [0.1, 0.15) is 32.7 Å². The van der Waals surface area contributed by atoms with Crippen molar-refractivity contribution in [2.45, 2.75) is 12.6 Å². The highest BCUT2D eigenvalue weighted by atomic mass is 19.4. The zero-order chi connectivity index (χ0) is 25.7. The maximum absolute atomic E-state index is 13.3. The number of aromatic nitrogens is 1. The molecule has 3 aromatic rings. The summed E-state index contributed by atoms with van der Waals surface area (Å²) in [5.74, 6) is 4.38. The van der Waals surface area contributed by atoms with Crippen LogP contribution in [0.15, 0.2) is 66.9 Å². The van der Waals surface area contributed by atoms with Crippen LogP contribution in [-0.4, -0.2) is 53.0 Å². The van der Waals surface area contributed by atoms with Crippen molar-refractivity contribution < 1.29 is 27.9 Å². The predicted molar refractivity (Wildman–Crippen MR) is 128 cm³/mol. The third-order valence-corrected chi connectivity index (χ3v) is 5.82. The lowest BCUT2D eigenvalue weighted by Crippen LogP contribution is -2.49. The molecular formula is C27H22F3N3O3. The third-order valence-electron chi connectivity index (χ3n) is 5.82. The molecular weight excluding hydrogens is 471 g/mol. The van der Waals surface area contributed by atoms with Crippen LogP contribution in [0, 0.1) is 11.8 Å². The number of nitrogens with zero attached hydrogens (tertiary/aromatic N) is 3. The van der Waals surface area contributed by atoms with Gasteiger partial charge in [-0.2, -0.15) is 13.2 Å². The number of hydrogen-bond donors (Lipinski definition) is 1. The molecule has 184 valence electrons. The van der Waals surface area contributed by atoms with Crippen molar-refractivity contribution in [3.05, 3.63) is 94.8 Å².